The second-order valence-electron chi connectivity index (χ2n) is 12.0. The van der Waals surface area contributed by atoms with E-state index in [1.807, 2.05) is 0 Å². The van der Waals surface area contributed by atoms with Gasteiger partial charge in [-0.05, 0) is 37.1 Å². The SMILES string of the molecule is CCCCCCCC(OCC(O)COc1ccc(C(=O)c2ccccc2)c(O)c1)OCC(O)COc1ccc(C(=O)c2ccccc2)c(O)c1. The molecule has 2 atom stereocenters. The van der Waals surface area contributed by atoms with Gasteiger partial charge in [-0.3, -0.25) is 9.59 Å². The first kappa shape index (κ1) is 38.1. The molecule has 4 aromatic carbocycles. The summed E-state index contributed by atoms with van der Waals surface area (Å²) >= 11 is 0. The number of rotatable bonds is 22. The Hall–Kier alpha value is -4.74. The fourth-order valence-corrected chi connectivity index (χ4v) is 5.12. The van der Waals surface area contributed by atoms with E-state index in [2.05, 4.69) is 6.92 Å². The van der Waals surface area contributed by atoms with Crippen LogP contribution in [0.1, 0.15) is 77.3 Å². The van der Waals surface area contributed by atoms with Gasteiger partial charge in [0.05, 0.1) is 24.3 Å². The molecule has 0 amide bonds. The van der Waals surface area contributed by atoms with E-state index in [0.29, 0.717) is 17.5 Å². The van der Waals surface area contributed by atoms with E-state index in [1.165, 1.54) is 24.3 Å². The van der Waals surface area contributed by atoms with Gasteiger partial charge in [0, 0.05) is 23.3 Å². The fourth-order valence-electron chi connectivity index (χ4n) is 5.12. The van der Waals surface area contributed by atoms with Crippen molar-refractivity contribution in [3.05, 3.63) is 119 Å². The number of benzene rings is 4. The quantitative estimate of drug-likeness (QED) is 0.0412. The molecule has 0 aliphatic rings. The van der Waals surface area contributed by atoms with Crippen LogP contribution in [0.5, 0.6) is 23.0 Å². The van der Waals surface area contributed by atoms with E-state index < -0.39 is 18.5 Å². The molecule has 0 aliphatic heterocycles. The number of carbonyl (C=O) groups is 2. The number of aromatic hydroxyl groups is 2. The lowest BCUT2D eigenvalue weighted by Gasteiger charge is -2.22. The molecule has 0 fully saturated rings. The molecule has 0 aliphatic carbocycles. The van der Waals surface area contributed by atoms with Gasteiger partial charge in [0.15, 0.2) is 17.9 Å². The number of unbranched alkanes of at least 4 members (excludes halogenated alkanes) is 4. The van der Waals surface area contributed by atoms with Crippen LogP contribution < -0.4 is 9.47 Å². The molecule has 0 heterocycles. The largest absolute Gasteiger partial charge is 0.507 e. The summed E-state index contributed by atoms with van der Waals surface area (Å²) in [6, 6.07) is 26.0. The highest BCUT2D eigenvalue weighted by atomic mass is 16.7. The molecule has 2 unspecified atom stereocenters. The van der Waals surface area contributed by atoms with Crippen LogP contribution in [0.3, 0.4) is 0 Å². The summed E-state index contributed by atoms with van der Waals surface area (Å²) in [7, 11) is 0. The third-order valence-electron chi connectivity index (χ3n) is 7.88. The monoisotopic (exact) mass is 686 g/mol. The summed E-state index contributed by atoms with van der Waals surface area (Å²) in [6.07, 6.45) is 2.98. The van der Waals surface area contributed by atoms with Crippen LogP contribution in [-0.4, -0.2) is 76.9 Å². The van der Waals surface area contributed by atoms with Crippen molar-refractivity contribution in [2.45, 2.75) is 63.9 Å². The van der Waals surface area contributed by atoms with Gasteiger partial charge in [-0.2, -0.15) is 0 Å². The summed E-state index contributed by atoms with van der Waals surface area (Å²) in [5.74, 6) is -0.523. The molecule has 0 bridgehead atoms. The zero-order valence-electron chi connectivity index (χ0n) is 28.3. The number of phenolic OH excluding ortho intramolecular Hbond substituents is 2. The van der Waals surface area contributed by atoms with Gasteiger partial charge >= 0.3 is 0 Å². The van der Waals surface area contributed by atoms with Crippen molar-refractivity contribution >= 4 is 11.6 Å². The number of ketones is 2. The van der Waals surface area contributed by atoms with Crippen LogP contribution in [0.4, 0.5) is 0 Å². The standard InChI is InChI=1S/C40H46O10/c1-2-3-4-5-12-17-38(49-26-30(41)24-47-32-18-20-34(36(43)22-32)39(45)28-13-8-6-9-14-28)50-27-31(42)25-48-33-19-21-35(37(44)23-33)40(46)29-15-10-7-11-16-29/h6-11,13-16,18-23,30-31,38,41-44H,2-5,12,17,24-27H2,1H3. The topological polar surface area (TPSA) is 152 Å². The van der Waals surface area contributed by atoms with E-state index in [-0.39, 0.29) is 72.1 Å². The Morgan fingerprint density at radius 3 is 1.44 bits per heavy atom. The molecule has 0 aromatic heterocycles. The van der Waals surface area contributed by atoms with Crippen molar-refractivity contribution in [1.82, 2.24) is 0 Å². The van der Waals surface area contributed by atoms with Crippen LogP contribution in [0, 0.1) is 0 Å². The number of carbonyl (C=O) groups excluding carboxylic acids is 2. The molecule has 10 heteroatoms. The molecule has 50 heavy (non-hydrogen) atoms. The maximum Gasteiger partial charge on any atom is 0.196 e. The lowest BCUT2D eigenvalue weighted by molar-refractivity contribution is -0.177. The number of phenols is 2. The third kappa shape index (κ3) is 12.0. The lowest BCUT2D eigenvalue weighted by Crippen LogP contribution is -2.31. The van der Waals surface area contributed by atoms with Gasteiger partial charge in [0.2, 0.25) is 0 Å². The maximum absolute atomic E-state index is 12.7. The van der Waals surface area contributed by atoms with Crippen molar-refractivity contribution in [2.24, 2.45) is 0 Å². The minimum absolute atomic E-state index is 0.101. The molecular formula is C40H46O10. The summed E-state index contributed by atoms with van der Waals surface area (Å²) in [4.78, 5) is 25.4. The Balaban J connectivity index is 1.23. The molecule has 0 spiro atoms. The molecule has 0 radical (unpaired) electrons. The van der Waals surface area contributed by atoms with E-state index in [1.54, 1.807) is 72.8 Å². The molecule has 0 saturated carbocycles. The predicted molar refractivity (Wildman–Crippen MR) is 188 cm³/mol. The van der Waals surface area contributed by atoms with E-state index in [4.69, 9.17) is 18.9 Å². The van der Waals surface area contributed by atoms with Crippen LogP contribution in [0.15, 0.2) is 97.1 Å². The van der Waals surface area contributed by atoms with Gasteiger partial charge in [0.25, 0.3) is 0 Å². The summed E-state index contributed by atoms with van der Waals surface area (Å²) < 4.78 is 23.0. The Bertz CT molecular complexity index is 1510. The summed E-state index contributed by atoms with van der Waals surface area (Å²) in [5.41, 5.74) is 1.19. The smallest absolute Gasteiger partial charge is 0.196 e. The summed E-state index contributed by atoms with van der Waals surface area (Å²) in [5, 5.41) is 42.0. The zero-order chi connectivity index (χ0) is 35.7. The number of aliphatic hydroxyl groups is 2. The fraction of sp³-hybridized carbons (Fsp3) is 0.350. The van der Waals surface area contributed by atoms with Gasteiger partial charge < -0.3 is 39.4 Å². The van der Waals surface area contributed by atoms with Crippen molar-refractivity contribution in [3.63, 3.8) is 0 Å². The highest BCUT2D eigenvalue weighted by Crippen LogP contribution is 2.27. The zero-order valence-corrected chi connectivity index (χ0v) is 28.3. The Labute approximate surface area is 292 Å². The first-order valence-electron chi connectivity index (χ1n) is 17.0. The second-order valence-corrected chi connectivity index (χ2v) is 12.0. The number of aliphatic hydroxyl groups excluding tert-OH is 2. The summed E-state index contributed by atoms with van der Waals surface area (Å²) in [6.45, 7) is 1.68. The average Bonchev–Trinajstić information content (AvgIpc) is 3.14. The molecule has 4 aromatic rings. The number of hydrogen-bond acceptors (Lipinski definition) is 10. The first-order chi connectivity index (χ1) is 24.2. The van der Waals surface area contributed by atoms with Crippen molar-refractivity contribution < 1.29 is 49.0 Å². The molecule has 10 nitrogen and oxygen atoms in total. The first-order valence-corrected chi connectivity index (χ1v) is 17.0. The Morgan fingerprint density at radius 2 is 1.02 bits per heavy atom. The van der Waals surface area contributed by atoms with E-state index >= 15 is 0 Å². The molecule has 4 N–H and O–H groups in total. The Morgan fingerprint density at radius 1 is 0.580 bits per heavy atom. The molecular weight excluding hydrogens is 640 g/mol. The average molecular weight is 687 g/mol. The van der Waals surface area contributed by atoms with Crippen molar-refractivity contribution in [1.29, 1.82) is 0 Å². The lowest BCUT2D eigenvalue weighted by atomic mass is 10.0. The van der Waals surface area contributed by atoms with Gasteiger partial charge in [0.1, 0.15) is 48.4 Å². The highest BCUT2D eigenvalue weighted by molar-refractivity contribution is 6.11. The molecule has 266 valence electrons. The highest BCUT2D eigenvalue weighted by Gasteiger charge is 2.19. The second kappa shape index (κ2) is 20.1. The van der Waals surface area contributed by atoms with Crippen molar-refractivity contribution in [3.8, 4) is 23.0 Å². The van der Waals surface area contributed by atoms with Gasteiger partial charge in [-0.15, -0.1) is 0 Å². The van der Waals surface area contributed by atoms with Crippen LogP contribution >= 0.6 is 0 Å². The van der Waals surface area contributed by atoms with Crippen molar-refractivity contribution in [2.75, 3.05) is 26.4 Å². The van der Waals surface area contributed by atoms with Crippen LogP contribution in [0.2, 0.25) is 0 Å². The van der Waals surface area contributed by atoms with Gasteiger partial charge in [-0.25, -0.2) is 0 Å². The minimum atomic E-state index is -1.02. The third-order valence-corrected chi connectivity index (χ3v) is 7.88. The number of ether oxygens (including phenoxy) is 4. The van der Waals surface area contributed by atoms with E-state index in [0.717, 1.165) is 32.1 Å². The Kier molecular flexibility index (Phi) is 15.3. The maximum atomic E-state index is 12.7. The van der Waals surface area contributed by atoms with Gasteiger partial charge in [-0.1, -0.05) is 93.3 Å². The van der Waals surface area contributed by atoms with Crippen LogP contribution in [0.25, 0.3) is 0 Å². The minimum Gasteiger partial charge on any atom is -0.507 e. The molecule has 4 rings (SSSR count). The van der Waals surface area contributed by atoms with E-state index in [9.17, 15) is 30.0 Å². The normalized spacial score (nSPS) is 12.9. The number of hydrogen-bond donors (Lipinski definition) is 4. The predicted octanol–water partition coefficient (Wildman–Crippen LogP) is 6.46. The molecule has 0 saturated heterocycles. The van der Waals surface area contributed by atoms with Crippen LogP contribution in [-0.2, 0) is 9.47 Å².